The molecular weight excluding hydrogens is 350 g/mol. The number of methoxy groups -OCH3 is 2. The summed E-state index contributed by atoms with van der Waals surface area (Å²) in [6.07, 6.45) is 4.79. The number of fused-ring (bicyclic) bond motifs is 1. The van der Waals surface area contributed by atoms with Gasteiger partial charge in [-0.3, -0.25) is 0 Å². The predicted octanol–water partition coefficient (Wildman–Crippen LogP) is 4.75. The maximum atomic E-state index is 5.41. The van der Waals surface area contributed by atoms with Crippen LogP contribution in [-0.2, 0) is 7.05 Å². The van der Waals surface area contributed by atoms with Crippen LogP contribution in [0.3, 0.4) is 0 Å². The van der Waals surface area contributed by atoms with Crippen molar-refractivity contribution in [3.63, 3.8) is 0 Å². The lowest BCUT2D eigenvalue weighted by atomic mass is 9.89. The van der Waals surface area contributed by atoms with E-state index in [2.05, 4.69) is 53.3 Å². The van der Waals surface area contributed by atoms with E-state index in [4.69, 9.17) is 9.47 Å². The molecule has 28 heavy (non-hydrogen) atoms. The summed E-state index contributed by atoms with van der Waals surface area (Å²) in [5.74, 6) is 2.11. The van der Waals surface area contributed by atoms with Gasteiger partial charge >= 0.3 is 0 Å². The van der Waals surface area contributed by atoms with Gasteiger partial charge in [-0.1, -0.05) is 6.07 Å². The fraction of sp³-hybridized carbons (Fsp3) is 0.391. The number of aryl methyl sites for hydroxylation is 1. The number of likely N-dealkylation sites (tertiary alicyclic amines) is 1. The first-order chi connectivity index (χ1) is 13.6. The number of hydrogen-bond acceptors (Lipinski definition) is 4. The lowest BCUT2D eigenvalue weighted by Crippen LogP contribution is -2.29. The highest BCUT2D eigenvalue weighted by molar-refractivity contribution is 5.88. The second-order valence-corrected chi connectivity index (χ2v) is 7.70. The zero-order valence-corrected chi connectivity index (χ0v) is 17.2. The highest BCUT2D eigenvalue weighted by Gasteiger charge is 2.22. The van der Waals surface area contributed by atoms with E-state index >= 15 is 0 Å². The number of aromatic nitrogens is 1. The van der Waals surface area contributed by atoms with E-state index in [0.29, 0.717) is 5.92 Å². The van der Waals surface area contributed by atoms with E-state index in [-0.39, 0.29) is 0 Å². The molecule has 0 radical (unpaired) electrons. The molecule has 1 saturated heterocycles. The zero-order chi connectivity index (χ0) is 19.7. The van der Waals surface area contributed by atoms with E-state index in [1.54, 1.807) is 14.2 Å². The van der Waals surface area contributed by atoms with Crippen LogP contribution < -0.4 is 14.8 Å². The van der Waals surface area contributed by atoms with Crippen LogP contribution in [0.15, 0.2) is 42.6 Å². The Kier molecular flexibility index (Phi) is 5.18. The molecule has 1 aromatic heterocycles. The molecule has 0 bridgehead atoms. The van der Waals surface area contributed by atoms with E-state index in [1.807, 2.05) is 18.2 Å². The van der Waals surface area contributed by atoms with Crippen molar-refractivity contribution in [2.75, 3.05) is 39.7 Å². The largest absolute Gasteiger partial charge is 0.493 e. The van der Waals surface area contributed by atoms with Crippen molar-refractivity contribution in [1.29, 1.82) is 0 Å². The number of nitrogens with zero attached hydrogens (tertiary/aromatic N) is 2. The van der Waals surface area contributed by atoms with Crippen molar-refractivity contribution in [3.05, 3.63) is 48.2 Å². The summed E-state index contributed by atoms with van der Waals surface area (Å²) in [6, 6.07) is 12.5. The zero-order valence-electron chi connectivity index (χ0n) is 17.2. The van der Waals surface area contributed by atoms with Gasteiger partial charge in [0.1, 0.15) is 0 Å². The first kappa shape index (κ1) is 18.7. The summed E-state index contributed by atoms with van der Waals surface area (Å²) in [7, 11) is 7.66. The number of ether oxygens (including phenoxy) is 2. The molecular formula is C23H29N3O2. The molecule has 0 atom stereocenters. The van der Waals surface area contributed by atoms with Crippen LogP contribution in [-0.4, -0.2) is 43.8 Å². The molecule has 5 heteroatoms. The van der Waals surface area contributed by atoms with Crippen LogP contribution in [0.25, 0.3) is 10.9 Å². The lowest BCUT2D eigenvalue weighted by Gasteiger charge is -2.28. The van der Waals surface area contributed by atoms with Gasteiger partial charge in [0.2, 0.25) is 0 Å². The number of nitrogens with one attached hydrogen (secondary N) is 1. The third-order valence-electron chi connectivity index (χ3n) is 5.85. The van der Waals surface area contributed by atoms with Gasteiger partial charge < -0.3 is 24.3 Å². The molecule has 1 aliphatic heterocycles. The van der Waals surface area contributed by atoms with Crippen molar-refractivity contribution >= 4 is 22.3 Å². The topological polar surface area (TPSA) is 38.7 Å². The van der Waals surface area contributed by atoms with Crippen molar-refractivity contribution in [3.8, 4) is 11.5 Å². The lowest BCUT2D eigenvalue weighted by molar-refractivity contribution is 0.256. The van der Waals surface area contributed by atoms with Crippen molar-refractivity contribution < 1.29 is 9.47 Å². The van der Waals surface area contributed by atoms with Crippen LogP contribution in [0.5, 0.6) is 11.5 Å². The van der Waals surface area contributed by atoms with Crippen LogP contribution >= 0.6 is 0 Å². The highest BCUT2D eigenvalue weighted by atomic mass is 16.5. The number of piperidine rings is 1. The number of anilines is 2. The second kappa shape index (κ2) is 7.76. The summed E-state index contributed by atoms with van der Waals surface area (Å²) in [5, 5.41) is 4.86. The molecule has 3 aromatic rings. The van der Waals surface area contributed by atoms with Crippen molar-refractivity contribution in [1.82, 2.24) is 9.47 Å². The fourth-order valence-electron chi connectivity index (χ4n) is 4.22. The number of rotatable bonds is 5. The molecule has 148 valence electrons. The molecule has 2 heterocycles. The first-order valence-electron chi connectivity index (χ1n) is 9.85. The normalized spacial score (nSPS) is 15.7. The quantitative estimate of drug-likeness (QED) is 0.694. The Morgan fingerprint density at radius 1 is 0.893 bits per heavy atom. The maximum absolute atomic E-state index is 5.41. The molecule has 2 aromatic carbocycles. The molecule has 0 aliphatic carbocycles. The van der Waals surface area contributed by atoms with Gasteiger partial charge in [0.05, 0.1) is 19.7 Å². The Labute approximate surface area is 166 Å². The summed E-state index contributed by atoms with van der Waals surface area (Å²) >= 11 is 0. The smallest absolute Gasteiger partial charge is 0.162 e. The molecule has 1 N–H and O–H groups in total. The van der Waals surface area contributed by atoms with Crippen LogP contribution in [0.4, 0.5) is 11.4 Å². The van der Waals surface area contributed by atoms with E-state index in [9.17, 15) is 0 Å². The Balaban J connectivity index is 1.61. The summed E-state index contributed by atoms with van der Waals surface area (Å²) in [6.45, 7) is 2.36. The second-order valence-electron chi connectivity index (χ2n) is 7.70. The van der Waals surface area contributed by atoms with Crippen LogP contribution in [0, 0.1) is 0 Å². The summed E-state index contributed by atoms with van der Waals surface area (Å²) in [5.41, 5.74) is 4.79. The fourth-order valence-corrected chi connectivity index (χ4v) is 4.22. The third-order valence-corrected chi connectivity index (χ3v) is 5.85. The first-order valence-corrected chi connectivity index (χ1v) is 9.85. The van der Waals surface area contributed by atoms with Gasteiger partial charge in [0.15, 0.2) is 11.5 Å². The Hall–Kier alpha value is -2.66. The van der Waals surface area contributed by atoms with E-state index in [0.717, 1.165) is 22.9 Å². The van der Waals surface area contributed by atoms with Crippen molar-refractivity contribution in [2.45, 2.75) is 18.8 Å². The van der Waals surface area contributed by atoms with Gasteiger partial charge in [-0.15, -0.1) is 0 Å². The average Bonchev–Trinajstić information content (AvgIpc) is 3.04. The minimum absolute atomic E-state index is 0.657. The minimum atomic E-state index is 0.657. The highest BCUT2D eigenvalue weighted by Crippen LogP contribution is 2.36. The molecule has 0 amide bonds. The van der Waals surface area contributed by atoms with Crippen molar-refractivity contribution in [2.24, 2.45) is 7.05 Å². The SMILES string of the molecule is COc1ccc(Nc2ccc3c(C4CCN(C)CC4)cn(C)c3c2)cc1OC. The number of hydrogen-bond donors (Lipinski definition) is 1. The van der Waals surface area contributed by atoms with Crippen LogP contribution in [0.2, 0.25) is 0 Å². The Bertz CT molecular complexity index is 971. The molecule has 1 fully saturated rings. The van der Waals surface area contributed by atoms with Gasteiger partial charge in [-0.2, -0.15) is 0 Å². The molecule has 5 nitrogen and oxygen atoms in total. The Morgan fingerprint density at radius 2 is 1.57 bits per heavy atom. The van der Waals surface area contributed by atoms with Crippen LogP contribution in [0.1, 0.15) is 24.3 Å². The summed E-state index contributed by atoms with van der Waals surface area (Å²) in [4.78, 5) is 2.42. The average molecular weight is 380 g/mol. The van der Waals surface area contributed by atoms with Gasteiger partial charge in [-0.25, -0.2) is 0 Å². The molecule has 1 aliphatic rings. The third kappa shape index (κ3) is 3.54. The van der Waals surface area contributed by atoms with Gasteiger partial charge in [0.25, 0.3) is 0 Å². The molecule has 4 rings (SSSR count). The monoisotopic (exact) mass is 379 g/mol. The maximum Gasteiger partial charge on any atom is 0.162 e. The molecule has 0 unspecified atom stereocenters. The van der Waals surface area contributed by atoms with Gasteiger partial charge in [0, 0.05) is 36.1 Å². The number of benzene rings is 2. The van der Waals surface area contributed by atoms with E-state index in [1.165, 1.54) is 42.4 Å². The standard InChI is InChI=1S/C23H29N3O2/c1-25-11-9-16(10-12-25)20-15-26(2)21-13-17(5-7-19(20)21)24-18-6-8-22(27-3)23(14-18)28-4/h5-8,13-16,24H,9-12H2,1-4H3. The Morgan fingerprint density at radius 3 is 2.29 bits per heavy atom. The van der Waals surface area contributed by atoms with Gasteiger partial charge in [-0.05, 0) is 68.7 Å². The predicted molar refractivity (Wildman–Crippen MR) is 115 cm³/mol. The molecule has 0 saturated carbocycles. The summed E-state index contributed by atoms with van der Waals surface area (Å²) < 4.78 is 13.0. The molecule has 0 spiro atoms. The minimum Gasteiger partial charge on any atom is -0.493 e. The van der Waals surface area contributed by atoms with E-state index < -0.39 is 0 Å².